The Morgan fingerprint density at radius 2 is 2.04 bits per heavy atom. The summed E-state index contributed by atoms with van der Waals surface area (Å²) in [7, 11) is 0. The monoisotopic (exact) mass is 354 g/mol. The summed E-state index contributed by atoms with van der Waals surface area (Å²) in [4.78, 5) is 28.5. The van der Waals surface area contributed by atoms with Crippen LogP contribution in [-0.2, 0) is 0 Å². The number of nitrogens with zero attached hydrogens (tertiary/aromatic N) is 4. The smallest absolute Gasteiger partial charge is 0.416 e. The molecule has 0 aliphatic rings. The molecule has 0 amide bonds. The predicted molar refractivity (Wildman–Crippen MR) is 88.9 cm³/mol. The van der Waals surface area contributed by atoms with E-state index >= 15 is 0 Å². The van der Waals surface area contributed by atoms with Crippen molar-refractivity contribution < 1.29 is 19.1 Å². The number of aryl methyl sites for hydroxylation is 1. The molecule has 0 bridgehead atoms. The molecule has 9 heteroatoms. The van der Waals surface area contributed by atoms with Gasteiger partial charge in [-0.1, -0.05) is 18.2 Å². The van der Waals surface area contributed by atoms with E-state index < -0.39 is 6.09 Å². The van der Waals surface area contributed by atoms with E-state index in [0.717, 1.165) is 15.9 Å². The van der Waals surface area contributed by atoms with Gasteiger partial charge in [-0.2, -0.15) is 0 Å². The number of para-hydroxylation sites is 1. The summed E-state index contributed by atoms with van der Waals surface area (Å²) in [5.74, 6) is 0.282. The SMILES string of the molecule is Cc1nnc(-c2csc(C(=O)c3cn(C(=O)O)c4ccccc34)n2)o1. The van der Waals surface area contributed by atoms with Crippen molar-refractivity contribution in [2.75, 3.05) is 0 Å². The molecule has 0 radical (unpaired) electrons. The fourth-order valence-corrected chi connectivity index (χ4v) is 3.26. The van der Waals surface area contributed by atoms with Crippen LogP contribution < -0.4 is 0 Å². The van der Waals surface area contributed by atoms with Gasteiger partial charge >= 0.3 is 6.09 Å². The predicted octanol–water partition coefficient (Wildman–Crippen LogP) is 3.21. The minimum absolute atomic E-state index is 0.221. The summed E-state index contributed by atoms with van der Waals surface area (Å²) in [6.45, 7) is 1.66. The molecule has 0 saturated carbocycles. The maximum Gasteiger partial charge on any atom is 0.416 e. The first-order chi connectivity index (χ1) is 12.0. The number of fused-ring (bicyclic) bond motifs is 1. The van der Waals surface area contributed by atoms with Crippen LogP contribution in [0.1, 0.15) is 21.3 Å². The molecule has 0 spiro atoms. The number of aromatic nitrogens is 4. The molecular weight excluding hydrogens is 344 g/mol. The van der Waals surface area contributed by atoms with Crippen molar-refractivity contribution in [3.8, 4) is 11.6 Å². The number of carboxylic acid groups (broad SMARTS) is 1. The van der Waals surface area contributed by atoms with Crippen LogP contribution in [0, 0.1) is 6.92 Å². The van der Waals surface area contributed by atoms with Gasteiger partial charge in [-0.15, -0.1) is 21.5 Å². The standard InChI is InChI=1S/C16H10N4O4S/c1-8-18-19-14(24-8)11-7-25-15(17-11)13(21)10-6-20(16(22)23)12-5-3-2-4-9(10)12/h2-7H,1H3,(H,22,23). The summed E-state index contributed by atoms with van der Waals surface area (Å²) in [6.07, 6.45) is 0.157. The Hall–Kier alpha value is -3.33. The highest BCUT2D eigenvalue weighted by atomic mass is 32.1. The van der Waals surface area contributed by atoms with Crippen LogP contribution in [0.5, 0.6) is 0 Å². The summed E-state index contributed by atoms with van der Waals surface area (Å²) >= 11 is 1.14. The van der Waals surface area contributed by atoms with Crippen molar-refractivity contribution in [1.82, 2.24) is 19.7 Å². The Bertz CT molecular complexity index is 1120. The Balaban J connectivity index is 1.78. The van der Waals surface area contributed by atoms with Gasteiger partial charge in [0.05, 0.1) is 11.1 Å². The summed E-state index contributed by atoms with van der Waals surface area (Å²) in [6, 6.07) is 6.82. The van der Waals surface area contributed by atoms with Crippen LogP contribution in [0.4, 0.5) is 4.79 Å². The maximum atomic E-state index is 12.8. The molecular formula is C16H10N4O4S. The lowest BCUT2D eigenvalue weighted by Gasteiger charge is -1.95. The molecule has 3 aromatic heterocycles. The third-order valence-electron chi connectivity index (χ3n) is 3.61. The number of hydrogen-bond acceptors (Lipinski definition) is 7. The zero-order chi connectivity index (χ0) is 17.6. The van der Waals surface area contributed by atoms with Crippen molar-refractivity contribution in [1.29, 1.82) is 0 Å². The number of benzene rings is 1. The van der Waals surface area contributed by atoms with Crippen LogP contribution in [0.2, 0.25) is 0 Å². The van der Waals surface area contributed by atoms with Crippen molar-refractivity contribution in [3.63, 3.8) is 0 Å². The molecule has 8 nitrogen and oxygen atoms in total. The van der Waals surface area contributed by atoms with Crippen molar-refractivity contribution >= 4 is 34.1 Å². The first-order valence-corrected chi connectivity index (χ1v) is 8.06. The minimum Gasteiger partial charge on any atom is -0.464 e. The Morgan fingerprint density at radius 3 is 2.76 bits per heavy atom. The second-order valence-corrected chi connectivity index (χ2v) is 6.06. The molecule has 4 aromatic rings. The number of hydrogen-bond donors (Lipinski definition) is 1. The average molecular weight is 354 g/mol. The molecule has 3 heterocycles. The Labute approximate surface area is 144 Å². The number of carbonyl (C=O) groups is 2. The third-order valence-corrected chi connectivity index (χ3v) is 4.45. The number of thiazole rings is 1. The molecule has 0 saturated heterocycles. The van der Waals surface area contributed by atoms with Gasteiger partial charge in [0.1, 0.15) is 5.69 Å². The van der Waals surface area contributed by atoms with Gasteiger partial charge in [0.15, 0.2) is 5.01 Å². The van der Waals surface area contributed by atoms with E-state index in [2.05, 4.69) is 15.2 Å². The third kappa shape index (κ3) is 2.50. The summed E-state index contributed by atoms with van der Waals surface area (Å²) < 4.78 is 6.33. The van der Waals surface area contributed by atoms with Crippen molar-refractivity contribution in [2.24, 2.45) is 0 Å². The van der Waals surface area contributed by atoms with Crippen LogP contribution >= 0.6 is 11.3 Å². The molecule has 0 aliphatic heterocycles. The Morgan fingerprint density at radius 1 is 1.24 bits per heavy atom. The molecule has 124 valence electrons. The topological polar surface area (TPSA) is 111 Å². The van der Waals surface area contributed by atoms with E-state index in [1.54, 1.807) is 36.6 Å². The van der Waals surface area contributed by atoms with E-state index in [9.17, 15) is 14.7 Å². The van der Waals surface area contributed by atoms with Gasteiger partial charge < -0.3 is 9.52 Å². The van der Waals surface area contributed by atoms with Gasteiger partial charge in [-0.05, 0) is 6.07 Å². The Kier molecular flexibility index (Phi) is 3.43. The van der Waals surface area contributed by atoms with E-state index in [-0.39, 0.29) is 22.2 Å². The van der Waals surface area contributed by atoms with E-state index in [0.29, 0.717) is 22.5 Å². The molecule has 0 unspecified atom stereocenters. The molecule has 1 aromatic carbocycles. The average Bonchev–Trinajstić information content (AvgIpc) is 3.31. The van der Waals surface area contributed by atoms with Gasteiger partial charge in [0, 0.05) is 23.9 Å². The molecule has 25 heavy (non-hydrogen) atoms. The number of carbonyl (C=O) groups excluding carboxylic acids is 1. The highest BCUT2D eigenvalue weighted by Crippen LogP contribution is 2.27. The zero-order valence-corrected chi connectivity index (χ0v) is 13.6. The summed E-state index contributed by atoms with van der Waals surface area (Å²) in [5.41, 5.74) is 1.14. The van der Waals surface area contributed by atoms with Crippen LogP contribution in [-0.4, -0.2) is 36.7 Å². The zero-order valence-electron chi connectivity index (χ0n) is 12.8. The van der Waals surface area contributed by atoms with Gasteiger partial charge in [0.25, 0.3) is 5.89 Å². The first kappa shape index (κ1) is 15.2. The maximum absolute atomic E-state index is 12.8. The van der Waals surface area contributed by atoms with Crippen molar-refractivity contribution in [2.45, 2.75) is 6.92 Å². The van der Waals surface area contributed by atoms with Gasteiger partial charge in [-0.25, -0.2) is 9.78 Å². The first-order valence-electron chi connectivity index (χ1n) is 7.18. The lowest BCUT2D eigenvalue weighted by molar-refractivity contribution is 0.104. The molecule has 0 atom stereocenters. The fourth-order valence-electron chi connectivity index (χ4n) is 2.51. The van der Waals surface area contributed by atoms with Gasteiger partial charge in [0.2, 0.25) is 11.7 Å². The fraction of sp³-hybridized carbons (Fsp3) is 0.0625. The van der Waals surface area contributed by atoms with E-state index in [4.69, 9.17) is 4.42 Å². The second-order valence-electron chi connectivity index (χ2n) is 5.21. The van der Waals surface area contributed by atoms with Crippen LogP contribution in [0.25, 0.3) is 22.5 Å². The van der Waals surface area contributed by atoms with Crippen molar-refractivity contribution in [3.05, 3.63) is 52.3 Å². The van der Waals surface area contributed by atoms with Crippen LogP contribution in [0.15, 0.2) is 40.3 Å². The van der Waals surface area contributed by atoms with Crippen LogP contribution in [0.3, 0.4) is 0 Å². The highest BCUT2D eigenvalue weighted by Gasteiger charge is 2.22. The van der Waals surface area contributed by atoms with E-state index in [1.165, 1.54) is 6.20 Å². The normalized spacial score (nSPS) is 11.1. The second kappa shape index (κ2) is 5.64. The summed E-state index contributed by atoms with van der Waals surface area (Å²) in [5, 5.41) is 19.3. The number of rotatable bonds is 3. The lowest BCUT2D eigenvalue weighted by Crippen LogP contribution is -2.06. The molecule has 0 aliphatic carbocycles. The number of ketones is 1. The molecule has 1 N–H and O–H groups in total. The minimum atomic E-state index is -1.16. The quantitative estimate of drug-likeness (QED) is 0.562. The van der Waals surface area contributed by atoms with E-state index in [1.807, 2.05) is 0 Å². The largest absolute Gasteiger partial charge is 0.464 e. The highest BCUT2D eigenvalue weighted by molar-refractivity contribution is 7.12. The van der Waals surface area contributed by atoms with Gasteiger partial charge in [-0.3, -0.25) is 9.36 Å². The molecule has 4 rings (SSSR count). The molecule has 0 fully saturated rings. The lowest BCUT2D eigenvalue weighted by atomic mass is 10.1.